The fourth-order valence-corrected chi connectivity index (χ4v) is 1.21. The molecule has 0 amide bonds. The van der Waals surface area contributed by atoms with Crippen LogP contribution in [0.3, 0.4) is 0 Å². The van der Waals surface area contributed by atoms with E-state index in [9.17, 15) is 9.18 Å². The van der Waals surface area contributed by atoms with E-state index < -0.39 is 5.82 Å². The van der Waals surface area contributed by atoms with Crippen molar-refractivity contribution in [1.82, 2.24) is 0 Å². The second kappa shape index (κ2) is 5.34. The van der Waals surface area contributed by atoms with E-state index in [1.165, 1.54) is 20.3 Å². The Morgan fingerprint density at radius 3 is 2.73 bits per heavy atom. The summed E-state index contributed by atoms with van der Waals surface area (Å²) in [5.74, 6) is -0.491. The molecule has 82 valence electrons. The Labute approximate surface area is 87.8 Å². The number of hydrogen-bond acceptors (Lipinski definition) is 3. The normalized spacial score (nSPS) is 9.80. The van der Waals surface area contributed by atoms with Gasteiger partial charge in [-0.2, -0.15) is 0 Å². The van der Waals surface area contributed by atoms with Crippen LogP contribution in [0, 0.1) is 5.82 Å². The topological polar surface area (TPSA) is 35.5 Å². The maximum atomic E-state index is 13.0. The van der Waals surface area contributed by atoms with Gasteiger partial charge < -0.3 is 9.47 Å². The molecule has 0 aliphatic heterocycles. The molecule has 0 saturated heterocycles. The van der Waals surface area contributed by atoms with E-state index >= 15 is 0 Å². The highest BCUT2D eigenvalue weighted by atomic mass is 19.1. The van der Waals surface area contributed by atoms with Crippen molar-refractivity contribution in [2.45, 2.75) is 12.8 Å². The first-order valence-corrected chi connectivity index (χ1v) is 4.56. The Bertz CT molecular complexity index is 350. The SMILES string of the molecule is COC(=O)CCc1ccc(F)c(OC)c1. The Morgan fingerprint density at radius 2 is 2.13 bits per heavy atom. The van der Waals surface area contributed by atoms with Gasteiger partial charge in [0.05, 0.1) is 14.2 Å². The van der Waals surface area contributed by atoms with Crippen LogP contribution in [-0.4, -0.2) is 20.2 Å². The van der Waals surface area contributed by atoms with Crippen molar-refractivity contribution in [3.05, 3.63) is 29.6 Å². The number of carbonyl (C=O) groups excluding carboxylic acids is 1. The van der Waals surface area contributed by atoms with Gasteiger partial charge in [-0.25, -0.2) is 4.39 Å². The van der Waals surface area contributed by atoms with Gasteiger partial charge in [0, 0.05) is 6.42 Å². The fraction of sp³-hybridized carbons (Fsp3) is 0.364. The van der Waals surface area contributed by atoms with E-state index in [0.717, 1.165) is 5.56 Å². The quantitative estimate of drug-likeness (QED) is 0.715. The molecular weight excluding hydrogens is 199 g/mol. The van der Waals surface area contributed by atoms with E-state index in [-0.39, 0.29) is 18.1 Å². The van der Waals surface area contributed by atoms with Gasteiger partial charge in [0.1, 0.15) is 0 Å². The second-order valence-electron chi connectivity index (χ2n) is 3.05. The molecule has 1 aromatic carbocycles. The molecule has 15 heavy (non-hydrogen) atoms. The predicted octanol–water partition coefficient (Wildman–Crippen LogP) is 1.94. The summed E-state index contributed by atoms with van der Waals surface area (Å²) in [6.07, 6.45) is 0.800. The van der Waals surface area contributed by atoms with Crippen LogP contribution in [-0.2, 0) is 16.0 Å². The number of aryl methyl sites for hydroxylation is 1. The molecule has 0 N–H and O–H groups in total. The summed E-state index contributed by atoms with van der Waals surface area (Å²) in [5, 5.41) is 0. The molecule has 0 radical (unpaired) electrons. The third-order valence-corrected chi connectivity index (χ3v) is 2.06. The van der Waals surface area contributed by atoms with Gasteiger partial charge in [-0.1, -0.05) is 6.07 Å². The third kappa shape index (κ3) is 3.23. The minimum absolute atomic E-state index is 0.192. The molecule has 0 atom stereocenters. The number of carbonyl (C=O) groups is 1. The molecule has 1 aromatic rings. The van der Waals surface area contributed by atoms with Gasteiger partial charge in [0.15, 0.2) is 11.6 Å². The Kier molecular flexibility index (Phi) is 4.09. The molecular formula is C11H13FO3. The first-order valence-electron chi connectivity index (χ1n) is 4.56. The zero-order chi connectivity index (χ0) is 11.3. The lowest BCUT2D eigenvalue weighted by Crippen LogP contribution is -2.02. The van der Waals surface area contributed by atoms with Crippen LogP contribution in [0.15, 0.2) is 18.2 Å². The summed E-state index contributed by atoms with van der Waals surface area (Å²) in [5.41, 5.74) is 0.846. The number of hydrogen-bond donors (Lipinski definition) is 0. The largest absolute Gasteiger partial charge is 0.494 e. The Morgan fingerprint density at radius 1 is 1.40 bits per heavy atom. The molecule has 4 heteroatoms. The average Bonchev–Trinajstić information content (AvgIpc) is 2.27. The third-order valence-electron chi connectivity index (χ3n) is 2.06. The van der Waals surface area contributed by atoms with Gasteiger partial charge in [-0.05, 0) is 24.1 Å². The molecule has 1 rings (SSSR count). The van der Waals surface area contributed by atoms with Crippen molar-refractivity contribution in [3.8, 4) is 5.75 Å². The van der Waals surface area contributed by atoms with E-state index in [1.54, 1.807) is 12.1 Å². The molecule has 3 nitrogen and oxygen atoms in total. The molecule has 0 unspecified atom stereocenters. The van der Waals surface area contributed by atoms with Crippen molar-refractivity contribution >= 4 is 5.97 Å². The van der Waals surface area contributed by atoms with Gasteiger partial charge in [0.25, 0.3) is 0 Å². The molecule has 0 spiro atoms. The average molecular weight is 212 g/mol. The maximum absolute atomic E-state index is 13.0. The maximum Gasteiger partial charge on any atom is 0.305 e. The number of halogens is 1. The zero-order valence-corrected chi connectivity index (χ0v) is 8.75. The van der Waals surface area contributed by atoms with E-state index in [1.807, 2.05) is 0 Å². The summed E-state index contributed by atoms with van der Waals surface area (Å²) in [6, 6.07) is 4.53. The van der Waals surface area contributed by atoms with Crippen molar-refractivity contribution < 1.29 is 18.7 Å². The van der Waals surface area contributed by atoms with Crippen LogP contribution < -0.4 is 4.74 Å². The summed E-state index contributed by atoms with van der Waals surface area (Å²) in [7, 11) is 2.75. The van der Waals surface area contributed by atoms with Crippen LogP contribution in [0.1, 0.15) is 12.0 Å². The monoisotopic (exact) mass is 212 g/mol. The van der Waals surface area contributed by atoms with Gasteiger partial charge in [-0.3, -0.25) is 4.79 Å². The molecule has 0 heterocycles. The first kappa shape index (κ1) is 11.5. The van der Waals surface area contributed by atoms with Crippen molar-refractivity contribution in [2.75, 3.05) is 14.2 Å². The second-order valence-corrected chi connectivity index (χ2v) is 3.05. The van der Waals surface area contributed by atoms with Gasteiger partial charge >= 0.3 is 5.97 Å². The van der Waals surface area contributed by atoms with E-state index in [0.29, 0.717) is 6.42 Å². The number of rotatable bonds is 4. The standard InChI is InChI=1S/C11H13FO3/c1-14-10-7-8(3-5-9(10)12)4-6-11(13)15-2/h3,5,7H,4,6H2,1-2H3. The minimum Gasteiger partial charge on any atom is -0.494 e. The van der Waals surface area contributed by atoms with Crippen molar-refractivity contribution in [2.24, 2.45) is 0 Å². The van der Waals surface area contributed by atoms with Crippen LogP contribution in [0.5, 0.6) is 5.75 Å². The van der Waals surface area contributed by atoms with Crippen LogP contribution in [0.2, 0.25) is 0 Å². The van der Waals surface area contributed by atoms with Gasteiger partial charge in [-0.15, -0.1) is 0 Å². The Balaban J connectivity index is 2.66. The van der Waals surface area contributed by atoms with Crippen molar-refractivity contribution in [1.29, 1.82) is 0 Å². The smallest absolute Gasteiger partial charge is 0.305 e. The highest BCUT2D eigenvalue weighted by molar-refractivity contribution is 5.69. The summed E-state index contributed by atoms with van der Waals surface area (Å²) in [4.78, 5) is 10.9. The molecule has 0 saturated carbocycles. The molecule has 0 aliphatic rings. The van der Waals surface area contributed by atoms with Crippen LogP contribution in [0.4, 0.5) is 4.39 Å². The molecule has 0 bridgehead atoms. The molecule has 0 fully saturated rings. The highest BCUT2D eigenvalue weighted by Crippen LogP contribution is 2.19. The number of methoxy groups -OCH3 is 2. The zero-order valence-electron chi connectivity index (χ0n) is 8.75. The lowest BCUT2D eigenvalue weighted by atomic mass is 10.1. The summed E-state index contributed by atoms with van der Waals surface area (Å²) in [6.45, 7) is 0. The number of esters is 1. The summed E-state index contributed by atoms with van der Waals surface area (Å²) >= 11 is 0. The lowest BCUT2D eigenvalue weighted by molar-refractivity contribution is -0.140. The van der Waals surface area contributed by atoms with Crippen LogP contribution >= 0.6 is 0 Å². The minimum atomic E-state index is -0.403. The van der Waals surface area contributed by atoms with Crippen molar-refractivity contribution in [3.63, 3.8) is 0 Å². The molecule has 0 aromatic heterocycles. The van der Waals surface area contributed by atoms with Gasteiger partial charge in [0.2, 0.25) is 0 Å². The predicted molar refractivity (Wildman–Crippen MR) is 53.3 cm³/mol. The highest BCUT2D eigenvalue weighted by Gasteiger charge is 2.05. The number of benzene rings is 1. The molecule has 0 aliphatic carbocycles. The first-order chi connectivity index (χ1) is 7.17. The number of ether oxygens (including phenoxy) is 2. The van der Waals surface area contributed by atoms with E-state index in [4.69, 9.17) is 4.74 Å². The Hall–Kier alpha value is -1.58. The fourth-order valence-electron chi connectivity index (χ4n) is 1.21. The summed E-state index contributed by atoms with van der Waals surface area (Å²) < 4.78 is 22.4. The lowest BCUT2D eigenvalue weighted by Gasteiger charge is -2.05. The van der Waals surface area contributed by atoms with Crippen LogP contribution in [0.25, 0.3) is 0 Å². The van der Waals surface area contributed by atoms with E-state index in [2.05, 4.69) is 4.74 Å².